The Morgan fingerprint density at radius 2 is 1.81 bits per heavy atom. The zero-order valence-corrected chi connectivity index (χ0v) is 15.7. The van der Waals surface area contributed by atoms with Crippen LogP contribution in [0.1, 0.15) is 38.5 Å². The molecule has 4 aliphatic heterocycles. The Kier molecular flexibility index (Phi) is 4.80. The number of nitrogens with zero attached hydrogens (tertiary/aromatic N) is 3. The van der Waals surface area contributed by atoms with Gasteiger partial charge in [-0.15, -0.1) is 0 Å². The zero-order valence-electron chi connectivity index (χ0n) is 15.7. The summed E-state index contributed by atoms with van der Waals surface area (Å²) < 4.78 is 0. The van der Waals surface area contributed by atoms with Crippen LogP contribution in [-0.2, 0) is 9.59 Å². The molecule has 4 amide bonds. The van der Waals surface area contributed by atoms with Crippen molar-refractivity contribution in [3.05, 3.63) is 0 Å². The molecule has 7 nitrogen and oxygen atoms in total. The minimum atomic E-state index is 0.0339. The van der Waals surface area contributed by atoms with E-state index in [9.17, 15) is 14.4 Å². The average Bonchev–Trinajstić information content (AvgIpc) is 2.67. The van der Waals surface area contributed by atoms with Gasteiger partial charge in [0, 0.05) is 58.2 Å². The van der Waals surface area contributed by atoms with Crippen molar-refractivity contribution in [2.24, 2.45) is 17.8 Å². The highest BCUT2D eigenvalue weighted by molar-refractivity contribution is 5.80. The van der Waals surface area contributed by atoms with Gasteiger partial charge in [0.15, 0.2) is 0 Å². The lowest BCUT2D eigenvalue weighted by molar-refractivity contribution is -0.144. The molecule has 3 atom stereocenters. The summed E-state index contributed by atoms with van der Waals surface area (Å²) in [7, 11) is 1.67. The summed E-state index contributed by atoms with van der Waals surface area (Å²) in [5, 5.41) is 2.71. The summed E-state index contributed by atoms with van der Waals surface area (Å²) in [6, 6.07) is 0.465. The van der Waals surface area contributed by atoms with Crippen molar-refractivity contribution in [3.8, 4) is 0 Å². The van der Waals surface area contributed by atoms with E-state index in [1.807, 2.05) is 9.80 Å². The molecule has 0 radical (unpaired) electrons. The van der Waals surface area contributed by atoms with Gasteiger partial charge < -0.3 is 20.0 Å². The summed E-state index contributed by atoms with van der Waals surface area (Å²) in [5.74, 6) is 1.28. The standard InChI is InChI=1S/C19H30N4O3/c1-20-18(25)14-5-7-21(8-6-14)19(26)22-10-13-9-15(12-22)16-3-2-4-17(24)23(16)11-13/h13-16H,2-12H2,1H3,(H,20,25)/t13?,15?,16-/m1/s1. The molecule has 1 N–H and O–H groups in total. The number of carbonyl (C=O) groups is 3. The Hall–Kier alpha value is -1.79. The van der Waals surface area contributed by atoms with Crippen LogP contribution in [0.5, 0.6) is 0 Å². The van der Waals surface area contributed by atoms with Crippen molar-refractivity contribution < 1.29 is 14.4 Å². The van der Waals surface area contributed by atoms with Gasteiger partial charge >= 0.3 is 6.03 Å². The Bertz CT molecular complexity index is 587. The first-order chi connectivity index (χ1) is 12.6. The number of hydrogen-bond acceptors (Lipinski definition) is 3. The second-order valence-corrected chi connectivity index (χ2v) is 8.43. The van der Waals surface area contributed by atoms with E-state index in [2.05, 4.69) is 10.2 Å². The van der Waals surface area contributed by atoms with E-state index >= 15 is 0 Å². The van der Waals surface area contributed by atoms with Crippen molar-refractivity contribution in [2.45, 2.75) is 44.6 Å². The Balaban J connectivity index is 1.37. The van der Waals surface area contributed by atoms with Crippen LogP contribution in [0.15, 0.2) is 0 Å². The molecule has 0 saturated carbocycles. The van der Waals surface area contributed by atoms with Crippen LogP contribution in [0.25, 0.3) is 0 Å². The van der Waals surface area contributed by atoms with E-state index in [1.165, 1.54) is 0 Å². The minimum Gasteiger partial charge on any atom is -0.359 e. The Morgan fingerprint density at radius 3 is 2.54 bits per heavy atom. The molecule has 26 heavy (non-hydrogen) atoms. The normalized spacial score (nSPS) is 32.3. The molecule has 2 unspecified atom stereocenters. The fourth-order valence-electron chi connectivity index (χ4n) is 5.50. The number of likely N-dealkylation sites (tertiary alicyclic amines) is 2. The third kappa shape index (κ3) is 3.16. The minimum absolute atomic E-state index is 0.0339. The Morgan fingerprint density at radius 1 is 1.04 bits per heavy atom. The van der Waals surface area contributed by atoms with Gasteiger partial charge in [0.1, 0.15) is 0 Å². The van der Waals surface area contributed by atoms with Gasteiger partial charge in [-0.1, -0.05) is 0 Å². The molecule has 0 spiro atoms. The Labute approximate surface area is 155 Å². The highest BCUT2D eigenvalue weighted by Crippen LogP contribution is 2.38. The third-order valence-corrected chi connectivity index (χ3v) is 6.83. The highest BCUT2D eigenvalue weighted by Gasteiger charge is 2.45. The molecule has 4 aliphatic rings. The lowest BCUT2D eigenvalue weighted by Crippen LogP contribution is -2.62. The van der Waals surface area contributed by atoms with E-state index in [0.29, 0.717) is 43.3 Å². The number of fused-ring (bicyclic) bond motifs is 4. The summed E-state index contributed by atoms with van der Waals surface area (Å²) in [4.78, 5) is 43.1. The topological polar surface area (TPSA) is 73.0 Å². The van der Waals surface area contributed by atoms with Gasteiger partial charge in [-0.25, -0.2) is 4.79 Å². The smallest absolute Gasteiger partial charge is 0.320 e. The molecule has 4 saturated heterocycles. The predicted molar refractivity (Wildman–Crippen MR) is 96.3 cm³/mol. The lowest BCUT2D eigenvalue weighted by Gasteiger charge is -2.53. The molecule has 0 aliphatic carbocycles. The second kappa shape index (κ2) is 7.08. The SMILES string of the molecule is CNC(=O)C1CCN(C(=O)N2CC3CC(C2)[C@H]2CCCC(=O)N2C3)CC1. The number of carbonyl (C=O) groups excluding carboxylic acids is 3. The first kappa shape index (κ1) is 17.6. The summed E-state index contributed by atoms with van der Waals surface area (Å²) >= 11 is 0. The van der Waals surface area contributed by atoms with Crippen LogP contribution >= 0.6 is 0 Å². The first-order valence-electron chi connectivity index (χ1n) is 10.1. The summed E-state index contributed by atoms with van der Waals surface area (Å²) in [6.45, 7) is 3.69. The van der Waals surface area contributed by atoms with E-state index in [1.54, 1.807) is 7.05 Å². The number of piperidine rings is 4. The van der Waals surface area contributed by atoms with E-state index in [0.717, 1.165) is 51.7 Å². The zero-order chi connectivity index (χ0) is 18.3. The van der Waals surface area contributed by atoms with Crippen molar-refractivity contribution in [1.82, 2.24) is 20.0 Å². The van der Waals surface area contributed by atoms with Crippen LogP contribution in [0.2, 0.25) is 0 Å². The van der Waals surface area contributed by atoms with Gasteiger partial charge in [-0.2, -0.15) is 0 Å². The van der Waals surface area contributed by atoms with Crippen molar-refractivity contribution in [2.75, 3.05) is 39.8 Å². The maximum Gasteiger partial charge on any atom is 0.320 e. The maximum absolute atomic E-state index is 13.0. The highest BCUT2D eigenvalue weighted by atomic mass is 16.2. The van der Waals surface area contributed by atoms with Crippen LogP contribution in [0.3, 0.4) is 0 Å². The summed E-state index contributed by atoms with van der Waals surface area (Å²) in [6.07, 6.45) is 5.41. The molecular formula is C19H30N4O3. The molecule has 7 heteroatoms. The quantitative estimate of drug-likeness (QED) is 0.753. The van der Waals surface area contributed by atoms with E-state index in [4.69, 9.17) is 0 Å². The van der Waals surface area contributed by atoms with Crippen LogP contribution < -0.4 is 5.32 Å². The molecular weight excluding hydrogens is 332 g/mol. The van der Waals surface area contributed by atoms with Gasteiger partial charge in [0.2, 0.25) is 11.8 Å². The molecule has 4 fully saturated rings. The number of urea groups is 1. The molecule has 0 aromatic heterocycles. The second-order valence-electron chi connectivity index (χ2n) is 8.43. The van der Waals surface area contributed by atoms with Crippen LogP contribution in [0, 0.1) is 17.8 Å². The number of rotatable bonds is 1. The van der Waals surface area contributed by atoms with Crippen LogP contribution in [-0.4, -0.2) is 78.4 Å². The average molecular weight is 362 g/mol. The van der Waals surface area contributed by atoms with Gasteiger partial charge in [0.05, 0.1) is 0 Å². The predicted octanol–water partition coefficient (Wildman–Crippen LogP) is 0.897. The molecule has 0 aromatic rings. The van der Waals surface area contributed by atoms with Crippen LogP contribution in [0.4, 0.5) is 4.79 Å². The number of nitrogens with one attached hydrogen (secondary N) is 1. The monoisotopic (exact) mass is 362 g/mol. The number of hydrogen-bond donors (Lipinski definition) is 1. The van der Waals surface area contributed by atoms with Gasteiger partial charge in [-0.05, 0) is 43.9 Å². The summed E-state index contributed by atoms with van der Waals surface area (Å²) in [5.41, 5.74) is 0. The van der Waals surface area contributed by atoms with Crippen molar-refractivity contribution in [1.29, 1.82) is 0 Å². The van der Waals surface area contributed by atoms with E-state index in [-0.39, 0.29) is 17.9 Å². The molecule has 4 rings (SSSR count). The molecule has 144 valence electrons. The molecule has 0 aromatic carbocycles. The fraction of sp³-hybridized carbons (Fsp3) is 0.842. The maximum atomic E-state index is 13.0. The lowest BCUT2D eigenvalue weighted by atomic mass is 9.76. The third-order valence-electron chi connectivity index (χ3n) is 6.83. The largest absolute Gasteiger partial charge is 0.359 e. The van der Waals surface area contributed by atoms with Gasteiger partial charge in [-0.3, -0.25) is 9.59 Å². The fourth-order valence-corrected chi connectivity index (χ4v) is 5.50. The number of amides is 4. The van der Waals surface area contributed by atoms with E-state index < -0.39 is 0 Å². The van der Waals surface area contributed by atoms with Crippen molar-refractivity contribution in [3.63, 3.8) is 0 Å². The molecule has 4 heterocycles. The van der Waals surface area contributed by atoms with Gasteiger partial charge in [0.25, 0.3) is 0 Å². The first-order valence-corrected chi connectivity index (χ1v) is 10.1. The molecule has 2 bridgehead atoms. The van der Waals surface area contributed by atoms with Crippen molar-refractivity contribution >= 4 is 17.8 Å².